The van der Waals surface area contributed by atoms with E-state index in [2.05, 4.69) is 29.3 Å². The number of hydrogen-bond acceptors (Lipinski definition) is 4. The van der Waals surface area contributed by atoms with E-state index in [0.29, 0.717) is 17.7 Å². The number of piperidine rings is 1. The van der Waals surface area contributed by atoms with Crippen molar-refractivity contribution in [2.75, 3.05) is 13.6 Å². The summed E-state index contributed by atoms with van der Waals surface area (Å²) in [6.07, 6.45) is 2.32. The molecule has 0 unspecified atom stereocenters. The third kappa shape index (κ3) is 1.89. The Bertz CT molecular complexity index is 566. The van der Waals surface area contributed by atoms with Gasteiger partial charge in [-0.05, 0) is 51.0 Å². The zero-order chi connectivity index (χ0) is 12.7. The maximum absolute atomic E-state index is 9.84. The van der Waals surface area contributed by atoms with E-state index in [4.69, 9.17) is 0 Å². The third-order valence-electron chi connectivity index (χ3n) is 4.10. The van der Waals surface area contributed by atoms with Crippen molar-refractivity contribution in [1.82, 2.24) is 9.27 Å². The van der Waals surface area contributed by atoms with Gasteiger partial charge in [-0.15, -0.1) is 0 Å². The normalized spacial score (nSPS) is 25.7. The zero-order valence-corrected chi connectivity index (χ0v) is 11.6. The minimum atomic E-state index is 0.359. The number of phenolic OH excluding ortho intramolecular Hbond substituents is 1. The summed E-state index contributed by atoms with van der Waals surface area (Å²) in [7, 11) is 2.19. The van der Waals surface area contributed by atoms with Gasteiger partial charge in [0.25, 0.3) is 0 Å². The second kappa shape index (κ2) is 4.52. The van der Waals surface area contributed by atoms with Crippen LogP contribution in [0.4, 0.5) is 0 Å². The van der Waals surface area contributed by atoms with Crippen LogP contribution in [0, 0.1) is 0 Å². The van der Waals surface area contributed by atoms with Crippen molar-refractivity contribution in [1.29, 1.82) is 0 Å². The zero-order valence-electron chi connectivity index (χ0n) is 10.8. The topological polar surface area (TPSA) is 36.4 Å². The Labute approximate surface area is 111 Å². The van der Waals surface area contributed by atoms with Crippen LogP contribution in [0.3, 0.4) is 0 Å². The Morgan fingerprint density at radius 2 is 2.28 bits per heavy atom. The molecule has 1 aliphatic rings. The minimum absolute atomic E-state index is 0.359. The van der Waals surface area contributed by atoms with Crippen LogP contribution in [-0.2, 0) is 0 Å². The number of aromatic nitrogens is 1. The van der Waals surface area contributed by atoms with E-state index in [0.717, 1.165) is 29.5 Å². The van der Waals surface area contributed by atoms with Gasteiger partial charge in [0, 0.05) is 17.3 Å². The van der Waals surface area contributed by atoms with E-state index in [9.17, 15) is 5.11 Å². The summed E-state index contributed by atoms with van der Waals surface area (Å²) in [5.74, 6) is 0.893. The highest BCUT2D eigenvalue weighted by atomic mass is 32.1. The molecular formula is C14H18N2OS. The second-order valence-electron chi connectivity index (χ2n) is 5.27. The van der Waals surface area contributed by atoms with Crippen molar-refractivity contribution in [2.45, 2.75) is 31.7 Å². The first kappa shape index (κ1) is 11.9. The van der Waals surface area contributed by atoms with Crippen molar-refractivity contribution in [3.8, 4) is 5.75 Å². The molecule has 1 aliphatic heterocycles. The molecule has 1 aromatic heterocycles. The SMILES string of the molecule is C[C@@H]1C[C@H](c2nsc3c(O)cccc23)CCN1C. The van der Waals surface area contributed by atoms with Gasteiger partial charge >= 0.3 is 0 Å². The quantitative estimate of drug-likeness (QED) is 0.857. The van der Waals surface area contributed by atoms with E-state index in [1.54, 1.807) is 6.07 Å². The predicted molar refractivity (Wildman–Crippen MR) is 75.4 cm³/mol. The number of aromatic hydroxyl groups is 1. The van der Waals surface area contributed by atoms with Crippen molar-refractivity contribution < 1.29 is 5.11 Å². The van der Waals surface area contributed by atoms with E-state index in [1.807, 2.05) is 6.07 Å². The molecule has 0 spiro atoms. The molecule has 2 heterocycles. The Hall–Kier alpha value is -1.13. The van der Waals surface area contributed by atoms with Gasteiger partial charge in [-0.1, -0.05) is 12.1 Å². The highest BCUT2D eigenvalue weighted by Gasteiger charge is 2.27. The third-order valence-corrected chi connectivity index (χ3v) is 5.00. The Kier molecular flexibility index (Phi) is 2.99. The molecule has 0 radical (unpaired) electrons. The summed E-state index contributed by atoms with van der Waals surface area (Å²) in [4.78, 5) is 2.41. The van der Waals surface area contributed by atoms with Gasteiger partial charge in [-0.3, -0.25) is 0 Å². The van der Waals surface area contributed by atoms with Crippen LogP contribution < -0.4 is 0 Å². The van der Waals surface area contributed by atoms with Crippen LogP contribution in [0.5, 0.6) is 5.75 Å². The number of fused-ring (bicyclic) bond motifs is 1. The van der Waals surface area contributed by atoms with Crippen LogP contribution in [0.15, 0.2) is 18.2 Å². The predicted octanol–water partition coefficient (Wildman–Crippen LogP) is 3.20. The lowest BCUT2D eigenvalue weighted by molar-refractivity contribution is 0.182. The number of likely N-dealkylation sites (tertiary alicyclic amines) is 1. The van der Waals surface area contributed by atoms with Crippen LogP contribution in [0.25, 0.3) is 10.1 Å². The summed E-state index contributed by atoms with van der Waals surface area (Å²) in [6.45, 7) is 3.40. The van der Waals surface area contributed by atoms with Crippen molar-refractivity contribution in [3.05, 3.63) is 23.9 Å². The van der Waals surface area contributed by atoms with E-state index in [1.165, 1.54) is 17.2 Å². The van der Waals surface area contributed by atoms with Gasteiger partial charge in [-0.25, -0.2) is 0 Å². The first-order valence-corrected chi connectivity index (χ1v) is 7.21. The van der Waals surface area contributed by atoms with E-state index in [-0.39, 0.29) is 0 Å². The molecule has 1 N–H and O–H groups in total. The number of hydrogen-bond donors (Lipinski definition) is 1. The maximum Gasteiger partial charge on any atom is 0.134 e. The molecule has 2 atom stereocenters. The standard InChI is InChI=1S/C14H18N2OS/c1-9-8-10(6-7-16(9)2)13-11-4-3-5-12(17)14(11)18-15-13/h3-5,9-10,17H,6-8H2,1-2H3/t9-,10-/m1/s1. The van der Waals surface area contributed by atoms with E-state index < -0.39 is 0 Å². The molecule has 0 aliphatic carbocycles. The molecule has 18 heavy (non-hydrogen) atoms. The fraction of sp³-hybridized carbons (Fsp3) is 0.500. The molecule has 1 fully saturated rings. The number of rotatable bonds is 1. The summed E-state index contributed by atoms with van der Waals surface area (Å²) >= 11 is 1.42. The molecular weight excluding hydrogens is 244 g/mol. The van der Waals surface area contributed by atoms with Gasteiger partial charge in [0.2, 0.25) is 0 Å². The number of phenols is 1. The first-order valence-electron chi connectivity index (χ1n) is 6.44. The van der Waals surface area contributed by atoms with Gasteiger partial charge in [-0.2, -0.15) is 4.37 Å². The molecule has 1 aromatic carbocycles. The lowest BCUT2D eigenvalue weighted by Crippen LogP contribution is -2.37. The maximum atomic E-state index is 9.84. The molecule has 3 rings (SSSR count). The van der Waals surface area contributed by atoms with Gasteiger partial charge in [0.1, 0.15) is 5.75 Å². The summed E-state index contributed by atoms with van der Waals surface area (Å²) < 4.78 is 5.53. The molecule has 2 aromatic rings. The van der Waals surface area contributed by atoms with Crippen LogP contribution in [0.1, 0.15) is 31.4 Å². The average Bonchev–Trinajstić information content (AvgIpc) is 2.78. The minimum Gasteiger partial charge on any atom is -0.506 e. The smallest absolute Gasteiger partial charge is 0.134 e. The lowest BCUT2D eigenvalue weighted by atomic mass is 9.88. The monoisotopic (exact) mass is 262 g/mol. The van der Waals surface area contributed by atoms with E-state index >= 15 is 0 Å². The molecule has 1 saturated heterocycles. The van der Waals surface area contributed by atoms with Crippen LogP contribution in [-0.4, -0.2) is 34.0 Å². The first-order chi connectivity index (χ1) is 8.66. The molecule has 0 amide bonds. The van der Waals surface area contributed by atoms with Crippen LogP contribution in [0.2, 0.25) is 0 Å². The highest BCUT2D eigenvalue weighted by molar-refractivity contribution is 7.13. The molecule has 4 heteroatoms. The molecule has 0 bridgehead atoms. The van der Waals surface area contributed by atoms with Gasteiger partial charge in [0.05, 0.1) is 10.4 Å². The Morgan fingerprint density at radius 1 is 1.44 bits per heavy atom. The summed E-state index contributed by atoms with van der Waals surface area (Å²) in [5, 5.41) is 11.0. The van der Waals surface area contributed by atoms with Crippen molar-refractivity contribution >= 4 is 21.6 Å². The fourth-order valence-corrected chi connectivity index (χ4v) is 3.67. The molecule has 96 valence electrons. The summed E-state index contributed by atoms with van der Waals surface area (Å²) in [6, 6.07) is 6.34. The van der Waals surface area contributed by atoms with Gasteiger partial charge in [0.15, 0.2) is 0 Å². The average molecular weight is 262 g/mol. The van der Waals surface area contributed by atoms with Crippen molar-refractivity contribution in [2.24, 2.45) is 0 Å². The molecule has 0 saturated carbocycles. The number of benzene rings is 1. The molecule has 3 nitrogen and oxygen atoms in total. The fourth-order valence-electron chi connectivity index (χ4n) is 2.80. The van der Waals surface area contributed by atoms with Crippen molar-refractivity contribution in [3.63, 3.8) is 0 Å². The highest BCUT2D eigenvalue weighted by Crippen LogP contribution is 2.38. The second-order valence-corrected chi connectivity index (χ2v) is 6.05. The summed E-state index contributed by atoms with van der Waals surface area (Å²) in [5.41, 5.74) is 1.19. The number of nitrogens with zero attached hydrogens (tertiary/aromatic N) is 2. The largest absolute Gasteiger partial charge is 0.506 e. The lowest BCUT2D eigenvalue weighted by Gasteiger charge is -2.34. The Balaban J connectivity index is 1.98. The van der Waals surface area contributed by atoms with Crippen LogP contribution >= 0.6 is 11.5 Å². The Morgan fingerprint density at radius 3 is 3.06 bits per heavy atom. The van der Waals surface area contributed by atoms with Gasteiger partial charge < -0.3 is 10.0 Å².